The molecule has 0 amide bonds. The summed E-state index contributed by atoms with van der Waals surface area (Å²) in [5.74, 6) is 0.928. The van der Waals surface area contributed by atoms with E-state index in [9.17, 15) is 9.90 Å². The second-order valence-corrected chi connectivity index (χ2v) is 5.95. The number of carbonyl (C=O) groups is 1. The van der Waals surface area contributed by atoms with E-state index in [-0.39, 0.29) is 11.5 Å². The SMILES string of the molecule is CSCCC(=O)c1cc2c(c(CN)c1O)CCCC2. The lowest BCUT2D eigenvalue weighted by Gasteiger charge is -2.21. The molecular weight excluding hydrogens is 258 g/mol. The van der Waals surface area contributed by atoms with E-state index in [1.54, 1.807) is 11.8 Å². The van der Waals surface area contributed by atoms with E-state index in [0.717, 1.165) is 37.0 Å². The number of benzene rings is 1. The number of phenolic OH excluding ortho intramolecular Hbond substituents is 1. The number of thioether (sulfide) groups is 1. The van der Waals surface area contributed by atoms with E-state index < -0.39 is 0 Å². The first kappa shape index (κ1) is 14.4. The maximum atomic E-state index is 12.2. The molecule has 0 radical (unpaired) electrons. The van der Waals surface area contributed by atoms with Crippen LogP contribution >= 0.6 is 11.8 Å². The molecule has 3 nitrogen and oxygen atoms in total. The van der Waals surface area contributed by atoms with Crippen LogP contribution in [0.15, 0.2) is 6.07 Å². The molecule has 1 aromatic rings. The number of hydrogen-bond acceptors (Lipinski definition) is 4. The van der Waals surface area contributed by atoms with E-state index in [2.05, 4.69) is 0 Å². The quantitative estimate of drug-likeness (QED) is 0.813. The number of fused-ring (bicyclic) bond motifs is 1. The molecule has 0 fully saturated rings. The van der Waals surface area contributed by atoms with Crippen LogP contribution in [0, 0.1) is 0 Å². The standard InChI is InChI=1S/C15H21NO2S/c1-19-7-6-14(17)12-8-10-4-2-3-5-11(10)13(9-16)15(12)18/h8,18H,2-7,9,16H2,1H3. The first-order chi connectivity index (χ1) is 9.19. The topological polar surface area (TPSA) is 63.3 Å². The van der Waals surface area contributed by atoms with Crippen molar-refractivity contribution in [3.63, 3.8) is 0 Å². The number of aryl methyl sites for hydroxylation is 1. The summed E-state index contributed by atoms with van der Waals surface area (Å²) < 4.78 is 0. The smallest absolute Gasteiger partial charge is 0.167 e. The molecular formula is C15H21NO2S. The fraction of sp³-hybridized carbons (Fsp3) is 0.533. The number of nitrogens with two attached hydrogens (primary N) is 1. The van der Waals surface area contributed by atoms with Crippen LogP contribution in [0.2, 0.25) is 0 Å². The molecule has 2 rings (SSSR count). The molecule has 3 N–H and O–H groups in total. The summed E-state index contributed by atoms with van der Waals surface area (Å²) >= 11 is 1.64. The molecule has 0 spiro atoms. The van der Waals surface area contributed by atoms with E-state index in [1.807, 2.05) is 12.3 Å². The largest absolute Gasteiger partial charge is 0.507 e. The van der Waals surface area contributed by atoms with Crippen molar-refractivity contribution in [3.8, 4) is 5.75 Å². The molecule has 0 aromatic heterocycles. The van der Waals surface area contributed by atoms with Crippen LogP contribution < -0.4 is 5.73 Å². The Bertz CT molecular complexity index is 486. The molecule has 19 heavy (non-hydrogen) atoms. The minimum Gasteiger partial charge on any atom is -0.507 e. The Morgan fingerprint density at radius 1 is 1.42 bits per heavy atom. The number of phenols is 1. The highest BCUT2D eigenvalue weighted by Gasteiger charge is 2.21. The van der Waals surface area contributed by atoms with Gasteiger partial charge in [0.1, 0.15) is 5.75 Å². The van der Waals surface area contributed by atoms with Gasteiger partial charge in [-0.3, -0.25) is 4.79 Å². The van der Waals surface area contributed by atoms with Crippen molar-refractivity contribution in [2.75, 3.05) is 12.0 Å². The molecule has 4 heteroatoms. The monoisotopic (exact) mass is 279 g/mol. The van der Waals surface area contributed by atoms with Gasteiger partial charge in [-0.2, -0.15) is 11.8 Å². The first-order valence-corrected chi connectivity index (χ1v) is 8.17. The minimum atomic E-state index is 0.0231. The van der Waals surface area contributed by atoms with Crippen molar-refractivity contribution in [2.45, 2.75) is 38.6 Å². The molecule has 0 atom stereocenters. The molecule has 1 aromatic carbocycles. The molecule has 1 aliphatic carbocycles. The zero-order valence-corrected chi connectivity index (χ0v) is 12.2. The molecule has 0 saturated carbocycles. The van der Waals surface area contributed by atoms with Crippen molar-refractivity contribution in [1.29, 1.82) is 0 Å². The molecule has 0 bridgehead atoms. The maximum absolute atomic E-state index is 12.2. The predicted molar refractivity (Wildman–Crippen MR) is 80.0 cm³/mol. The third-order valence-corrected chi connectivity index (χ3v) is 4.38. The van der Waals surface area contributed by atoms with Crippen LogP contribution in [-0.2, 0) is 19.4 Å². The average Bonchev–Trinajstić information content (AvgIpc) is 2.44. The summed E-state index contributed by atoms with van der Waals surface area (Å²) in [6.45, 7) is 0.303. The third kappa shape index (κ3) is 2.95. The van der Waals surface area contributed by atoms with Gasteiger partial charge in [-0.1, -0.05) is 0 Å². The number of rotatable bonds is 5. The second-order valence-electron chi connectivity index (χ2n) is 4.97. The van der Waals surface area contributed by atoms with Gasteiger partial charge in [0.2, 0.25) is 0 Å². The van der Waals surface area contributed by atoms with Gasteiger partial charge in [0, 0.05) is 24.3 Å². The van der Waals surface area contributed by atoms with Crippen LogP contribution in [0.5, 0.6) is 5.75 Å². The average molecular weight is 279 g/mol. The van der Waals surface area contributed by atoms with E-state index >= 15 is 0 Å². The Morgan fingerprint density at radius 2 is 2.16 bits per heavy atom. The number of aromatic hydroxyl groups is 1. The van der Waals surface area contributed by atoms with Crippen molar-refractivity contribution in [3.05, 3.63) is 28.3 Å². The van der Waals surface area contributed by atoms with Gasteiger partial charge in [-0.25, -0.2) is 0 Å². The molecule has 0 saturated heterocycles. The van der Waals surface area contributed by atoms with Gasteiger partial charge in [-0.15, -0.1) is 0 Å². The zero-order valence-electron chi connectivity index (χ0n) is 11.4. The summed E-state index contributed by atoms with van der Waals surface area (Å²) in [6.07, 6.45) is 6.70. The van der Waals surface area contributed by atoms with E-state index in [4.69, 9.17) is 5.73 Å². The van der Waals surface area contributed by atoms with Gasteiger partial charge < -0.3 is 10.8 Å². The highest BCUT2D eigenvalue weighted by molar-refractivity contribution is 7.98. The number of hydrogen-bond donors (Lipinski definition) is 2. The summed E-state index contributed by atoms with van der Waals surface area (Å²) in [4.78, 5) is 12.2. The van der Waals surface area contributed by atoms with Crippen LogP contribution in [0.4, 0.5) is 0 Å². The van der Waals surface area contributed by atoms with Crippen LogP contribution in [0.1, 0.15) is 46.3 Å². The van der Waals surface area contributed by atoms with Crippen LogP contribution in [-0.4, -0.2) is 22.9 Å². The maximum Gasteiger partial charge on any atom is 0.167 e. The molecule has 0 unspecified atom stereocenters. The number of ketones is 1. The number of Topliss-reactive ketones (excluding diaryl/α,β-unsaturated/α-hetero) is 1. The number of carbonyl (C=O) groups excluding carboxylic acids is 1. The van der Waals surface area contributed by atoms with Gasteiger partial charge in [0.15, 0.2) is 5.78 Å². The molecule has 0 aliphatic heterocycles. The second kappa shape index (κ2) is 6.44. The van der Waals surface area contributed by atoms with Gasteiger partial charge in [0.05, 0.1) is 5.56 Å². The Balaban J connectivity index is 2.41. The Labute approximate surface area is 118 Å². The highest BCUT2D eigenvalue weighted by Crippen LogP contribution is 2.34. The van der Waals surface area contributed by atoms with Crippen molar-refractivity contribution in [1.82, 2.24) is 0 Å². The zero-order chi connectivity index (χ0) is 13.8. The minimum absolute atomic E-state index is 0.0231. The van der Waals surface area contributed by atoms with E-state index in [1.165, 1.54) is 11.1 Å². The van der Waals surface area contributed by atoms with Gasteiger partial charge >= 0.3 is 0 Å². The molecule has 104 valence electrons. The van der Waals surface area contributed by atoms with Gasteiger partial charge in [0.25, 0.3) is 0 Å². The lowest BCUT2D eigenvalue weighted by Crippen LogP contribution is -2.13. The Hall–Kier alpha value is -1.00. The summed E-state index contributed by atoms with van der Waals surface area (Å²) in [5, 5.41) is 10.3. The van der Waals surface area contributed by atoms with Crippen molar-refractivity contribution >= 4 is 17.5 Å². The van der Waals surface area contributed by atoms with Crippen LogP contribution in [0.3, 0.4) is 0 Å². The Morgan fingerprint density at radius 3 is 2.84 bits per heavy atom. The summed E-state index contributed by atoms with van der Waals surface area (Å²) in [7, 11) is 0. The lowest BCUT2D eigenvalue weighted by molar-refractivity contribution is 0.0986. The summed E-state index contributed by atoms with van der Waals surface area (Å²) in [5.41, 5.74) is 9.40. The third-order valence-electron chi connectivity index (χ3n) is 3.77. The molecule has 0 heterocycles. The highest BCUT2D eigenvalue weighted by atomic mass is 32.2. The van der Waals surface area contributed by atoms with Crippen LogP contribution in [0.25, 0.3) is 0 Å². The van der Waals surface area contributed by atoms with Gasteiger partial charge in [-0.05, 0) is 49.1 Å². The Kier molecular flexibility index (Phi) is 4.88. The molecule has 1 aliphatic rings. The fourth-order valence-electron chi connectivity index (χ4n) is 2.74. The van der Waals surface area contributed by atoms with E-state index in [0.29, 0.717) is 18.5 Å². The first-order valence-electron chi connectivity index (χ1n) is 6.77. The predicted octanol–water partition coefficient (Wildman–Crippen LogP) is 2.67. The van der Waals surface area contributed by atoms with Crippen molar-refractivity contribution in [2.24, 2.45) is 5.73 Å². The lowest BCUT2D eigenvalue weighted by atomic mass is 9.85. The normalized spacial score (nSPS) is 14.2. The van der Waals surface area contributed by atoms with Crippen molar-refractivity contribution < 1.29 is 9.90 Å². The fourth-order valence-corrected chi connectivity index (χ4v) is 3.13. The summed E-state index contributed by atoms with van der Waals surface area (Å²) in [6, 6.07) is 1.89.